The lowest BCUT2D eigenvalue weighted by Gasteiger charge is -2.29. The molecular formula is C21H22ClFN4O2. The minimum absolute atomic E-state index is 0.252. The summed E-state index contributed by atoms with van der Waals surface area (Å²) >= 11 is 6.31. The molecule has 6 nitrogen and oxygen atoms in total. The SMILES string of the molecule is CCc1noc2ncc(C(=O)NCC(c3c(F)cccc3Cl)N3CCCC3)cc12. The highest BCUT2D eigenvalue weighted by Crippen LogP contribution is 2.32. The fourth-order valence-corrected chi connectivity index (χ4v) is 4.13. The van der Waals surface area contributed by atoms with E-state index in [0.717, 1.165) is 37.0 Å². The Bertz CT molecular complexity index is 1010. The molecule has 3 heterocycles. The lowest BCUT2D eigenvalue weighted by molar-refractivity contribution is 0.0937. The molecule has 2 aromatic heterocycles. The van der Waals surface area contributed by atoms with Gasteiger partial charge in [-0.25, -0.2) is 9.37 Å². The van der Waals surface area contributed by atoms with Crippen LogP contribution >= 0.6 is 11.6 Å². The number of aryl methyl sites for hydroxylation is 1. The van der Waals surface area contributed by atoms with Crippen molar-refractivity contribution in [3.05, 3.63) is 58.1 Å². The van der Waals surface area contributed by atoms with E-state index in [2.05, 4.69) is 20.4 Å². The molecule has 1 unspecified atom stereocenters. The molecule has 3 aromatic rings. The summed E-state index contributed by atoms with van der Waals surface area (Å²) in [5.41, 5.74) is 2.01. The minimum Gasteiger partial charge on any atom is -0.350 e. The molecule has 1 aromatic carbocycles. The van der Waals surface area contributed by atoms with E-state index in [0.29, 0.717) is 28.3 Å². The van der Waals surface area contributed by atoms with Crippen LogP contribution in [0.3, 0.4) is 0 Å². The molecule has 0 aliphatic carbocycles. The first kappa shape index (κ1) is 19.8. The van der Waals surface area contributed by atoms with Crippen LogP contribution in [0.15, 0.2) is 35.0 Å². The number of amides is 1. The number of hydrogen-bond donors (Lipinski definition) is 1. The first-order valence-electron chi connectivity index (χ1n) is 9.79. The Hall–Kier alpha value is -2.51. The monoisotopic (exact) mass is 416 g/mol. The van der Waals surface area contributed by atoms with E-state index in [1.54, 1.807) is 18.2 Å². The minimum atomic E-state index is -0.358. The standard InChI is InChI=1S/C21H22ClFN4O2/c1-2-17-14-10-13(11-25-21(14)29-26-17)20(28)24-12-18(27-8-3-4-9-27)19-15(22)6-5-7-16(19)23/h5-7,10-11,18H,2-4,8-9,12H2,1H3,(H,24,28). The van der Waals surface area contributed by atoms with Crippen molar-refractivity contribution in [1.82, 2.24) is 20.4 Å². The first-order chi connectivity index (χ1) is 14.1. The van der Waals surface area contributed by atoms with Crippen LogP contribution < -0.4 is 5.32 Å². The van der Waals surface area contributed by atoms with Crippen LogP contribution in [-0.4, -0.2) is 40.6 Å². The molecule has 4 rings (SSSR count). The predicted molar refractivity (Wildman–Crippen MR) is 108 cm³/mol. The molecule has 8 heteroatoms. The van der Waals surface area contributed by atoms with Crippen LogP contribution in [-0.2, 0) is 6.42 Å². The largest absolute Gasteiger partial charge is 0.350 e. The van der Waals surface area contributed by atoms with Crippen LogP contribution in [0.25, 0.3) is 11.1 Å². The van der Waals surface area contributed by atoms with Crippen LogP contribution in [0.5, 0.6) is 0 Å². The Labute approximate surface area is 173 Å². The topological polar surface area (TPSA) is 71.3 Å². The lowest BCUT2D eigenvalue weighted by atomic mass is 10.0. The van der Waals surface area contributed by atoms with Gasteiger partial charge in [-0.15, -0.1) is 0 Å². The molecule has 1 amide bonds. The molecule has 152 valence electrons. The van der Waals surface area contributed by atoms with Gasteiger partial charge >= 0.3 is 0 Å². The van der Waals surface area contributed by atoms with Crippen LogP contribution in [0, 0.1) is 5.82 Å². The highest BCUT2D eigenvalue weighted by atomic mass is 35.5. The fourth-order valence-electron chi connectivity index (χ4n) is 3.85. The van der Waals surface area contributed by atoms with Crippen molar-refractivity contribution >= 4 is 28.6 Å². The zero-order valence-corrected chi connectivity index (χ0v) is 16.9. The maximum absolute atomic E-state index is 14.6. The van der Waals surface area contributed by atoms with E-state index in [9.17, 15) is 9.18 Å². The van der Waals surface area contributed by atoms with E-state index < -0.39 is 0 Å². The first-order valence-corrected chi connectivity index (χ1v) is 10.2. The van der Waals surface area contributed by atoms with Crippen LogP contribution in [0.4, 0.5) is 4.39 Å². The number of aromatic nitrogens is 2. The van der Waals surface area contributed by atoms with E-state index in [-0.39, 0.29) is 24.3 Å². The molecule has 1 atom stereocenters. The Balaban J connectivity index is 1.56. The highest BCUT2D eigenvalue weighted by Gasteiger charge is 2.28. The van der Waals surface area contributed by atoms with Gasteiger partial charge in [0.25, 0.3) is 11.6 Å². The number of likely N-dealkylation sites (tertiary alicyclic amines) is 1. The summed E-state index contributed by atoms with van der Waals surface area (Å²) in [6, 6.07) is 6.08. The third-order valence-corrected chi connectivity index (χ3v) is 5.70. The second-order valence-corrected chi connectivity index (χ2v) is 7.57. The second kappa shape index (κ2) is 8.47. The molecule has 29 heavy (non-hydrogen) atoms. The van der Waals surface area contributed by atoms with Gasteiger partial charge in [-0.1, -0.05) is 29.7 Å². The Kier molecular flexibility index (Phi) is 5.78. The van der Waals surface area contributed by atoms with E-state index in [1.165, 1.54) is 12.3 Å². The second-order valence-electron chi connectivity index (χ2n) is 7.16. The van der Waals surface area contributed by atoms with Gasteiger partial charge in [0, 0.05) is 23.3 Å². The van der Waals surface area contributed by atoms with Crippen molar-refractivity contribution in [2.24, 2.45) is 0 Å². The summed E-state index contributed by atoms with van der Waals surface area (Å²) in [5.74, 6) is -0.636. The summed E-state index contributed by atoms with van der Waals surface area (Å²) in [4.78, 5) is 19.1. The molecule has 1 aliphatic rings. The fraction of sp³-hybridized carbons (Fsp3) is 0.381. The molecule has 1 aliphatic heterocycles. The highest BCUT2D eigenvalue weighted by molar-refractivity contribution is 6.31. The molecule has 0 radical (unpaired) electrons. The van der Waals surface area contributed by atoms with Crippen molar-refractivity contribution in [3.63, 3.8) is 0 Å². The van der Waals surface area contributed by atoms with Gasteiger partial charge in [0.15, 0.2) is 0 Å². The molecule has 1 N–H and O–H groups in total. The zero-order chi connectivity index (χ0) is 20.4. The van der Waals surface area contributed by atoms with Gasteiger partial charge in [0.2, 0.25) is 0 Å². The summed E-state index contributed by atoms with van der Waals surface area (Å²) in [5, 5.41) is 8.00. The van der Waals surface area contributed by atoms with Gasteiger partial charge < -0.3 is 9.84 Å². The van der Waals surface area contributed by atoms with E-state index in [1.807, 2.05) is 6.92 Å². The molecule has 1 saturated heterocycles. The van der Waals surface area contributed by atoms with Gasteiger partial charge in [0.1, 0.15) is 5.82 Å². The normalized spacial score (nSPS) is 15.7. The average Bonchev–Trinajstić information content (AvgIpc) is 3.39. The zero-order valence-electron chi connectivity index (χ0n) is 16.1. The maximum atomic E-state index is 14.6. The number of carbonyl (C=O) groups is 1. The molecular weight excluding hydrogens is 395 g/mol. The van der Waals surface area contributed by atoms with Crippen LogP contribution in [0.1, 0.15) is 47.4 Å². The summed E-state index contributed by atoms with van der Waals surface area (Å²) in [6.07, 6.45) is 4.24. The third kappa shape index (κ3) is 3.97. The number of rotatable bonds is 6. The number of nitrogens with one attached hydrogen (secondary N) is 1. The van der Waals surface area contributed by atoms with Crippen molar-refractivity contribution < 1.29 is 13.7 Å². The van der Waals surface area contributed by atoms with E-state index in [4.69, 9.17) is 16.1 Å². The number of fused-ring (bicyclic) bond motifs is 1. The van der Waals surface area contributed by atoms with Gasteiger partial charge in [0.05, 0.1) is 22.7 Å². The van der Waals surface area contributed by atoms with E-state index >= 15 is 0 Å². The quantitative estimate of drug-likeness (QED) is 0.653. The number of hydrogen-bond acceptors (Lipinski definition) is 5. The number of halogens is 2. The molecule has 0 spiro atoms. The van der Waals surface area contributed by atoms with Gasteiger partial charge in [-0.05, 0) is 50.6 Å². The summed E-state index contributed by atoms with van der Waals surface area (Å²) < 4.78 is 19.7. The molecule has 1 fully saturated rings. The van der Waals surface area contributed by atoms with Gasteiger partial charge in [-0.3, -0.25) is 9.69 Å². The average molecular weight is 417 g/mol. The predicted octanol–water partition coefficient (Wildman–Crippen LogP) is 4.14. The smallest absolute Gasteiger partial charge is 0.257 e. The number of pyridine rings is 1. The van der Waals surface area contributed by atoms with Crippen molar-refractivity contribution in [1.29, 1.82) is 0 Å². The molecule has 0 bridgehead atoms. The van der Waals surface area contributed by atoms with Crippen LogP contribution in [0.2, 0.25) is 5.02 Å². The Morgan fingerprint density at radius 1 is 1.38 bits per heavy atom. The summed E-state index contributed by atoms with van der Waals surface area (Å²) in [7, 11) is 0. The Morgan fingerprint density at radius 3 is 2.90 bits per heavy atom. The maximum Gasteiger partial charge on any atom is 0.257 e. The summed E-state index contributed by atoms with van der Waals surface area (Å²) in [6.45, 7) is 3.91. The Morgan fingerprint density at radius 2 is 2.17 bits per heavy atom. The lowest BCUT2D eigenvalue weighted by Crippen LogP contribution is -2.37. The number of nitrogens with zero attached hydrogens (tertiary/aromatic N) is 3. The molecule has 0 saturated carbocycles. The number of carbonyl (C=O) groups excluding carboxylic acids is 1. The number of benzene rings is 1. The third-order valence-electron chi connectivity index (χ3n) is 5.37. The van der Waals surface area contributed by atoms with Crippen molar-refractivity contribution in [2.75, 3.05) is 19.6 Å². The van der Waals surface area contributed by atoms with Gasteiger partial charge in [-0.2, -0.15) is 0 Å². The van der Waals surface area contributed by atoms with Crippen molar-refractivity contribution in [3.8, 4) is 0 Å². The van der Waals surface area contributed by atoms with Crippen molar-refractivity contribution in [2.45, 2.75) is 32.2 Å².